The molecule has 18 nitrogen and oxygen atoms in total. The summed E-state index contributed by atoms with van der Waals surface area (Å²) in [6, 6.07) is 13.0. The number of unbranched alkanes of at least 4 members (excludes halogenated alkanes) is 2. The second-order valence-corrected chi connectivity index (χ2v) is 16.4. The second kappa shape index (κ2) is 20.5. The fraction of sp³-hybridized carbons (Fsp3) is 0.444. The smallest absolute Gasteiger partial charge is 0.263 e. The Balaban J connectivity index is 0.822. The van der Waals surface area contributed by atoms with Crippen molar-refractivity contribution in [3.63, 3.8) is 0 Å². The summed E-state index contributed by atoms with van der Waals surface area (Å²) in [5.41, 5.74) is 4.16. The Morgan fingerprint density at radius 2 is 1.63 bits per heavy atom. The molecule has 5 N–H and O–H groups in total. The van der Waals surface area contributed by atoms with Crippen LogP contribution in [0.4, 0.5) is 40.5 Å². The van der Waals surface area contributed by atoms with Gasteiger partial charge in [-0.15, -0.1) is 10.2 Å². The van der Waals surface area contributed by atoms with Crippen molar-refractivity contribution in [2.45, 2.75) is 64.8 Å². The van der Waals surface area contributed by atoms with Crippen LogP contribution in [0.2, 0.25) is 0 Å². The van der Waals surface area contributed by atoms with Gasteiger partial charge in [0.05, 0.1) is 29.6 Å². The van der Waals surface area contributed by atoms with Crippen molar-refractivity contribution in [2.75, 3.05) is 98.0 Å². The van der Waals surface area contributed by atoms with E-state index in [9.17, 15) is 19.2 Å². The van der Waals surface area contributed by atoms with Crippen LogP contribution in [0.15, 0.2) is 59.7 Å². The van der Waals surface area contributed by atoms with Gasteiger partial charge >= 0.3 is 0 Å². The number of piperazine rings is 1. The number of ketones is 1. The van der Waals surface area contributed by atoms with Gasteiger partial charge in [0.15, 0.2) is 17.4 Å². The van der Waals surface area contributed by atoms with Gasteiger partial charge in [-0.2, -0.15) is 4.98 Å². The predicted molar refractivity (Wildman–Crippen MR) is 248 cm³/mol. The van der Waals surface area contributed by atoms with Crippen LogP contribution < -0.4 is 41.9 Å². The van der Waals surface area contributed by atoms with Crippen LogP contribution in [-0.2, 0) is 4.79 Å². The molecule has 1 aromatic carbocycles. The van der Waals surface area contributed by atoms with Gasteiger partial charge in [0.25, 0.3) is 11.5 Å². The number of rotatable bonds is 18. The quantitative estimate of drug-likeness (QED) is 0.0565. The molecule has 4 aromatic heterocycles. The van der Waals surface area contributed by atoms with Crippen molar-refractivity contribution in [2.24, 2.45) is 0 Å². The number of pyridine rings is 2. The van der Waals surface area contributed by atoms with E-state index in [-0.39, 0.29) is 34.8 Å². The van der Waals surface area contributed by atoms with Crippen LogP contribution in [0.3, 0.4) is 0 Å². The lowest BCUT2D eigenvalue weighted by molar-refractivity contribution is -0.122. The molecule has 1 aliphatic heterocycles. The van der Waals surface area contributed by atoms with Crippen molar-refractivity contribution in [1.29, 1.82) is 0 Å². The van der Waals surface area contributed by atoms with Crippen molar-refractivity contribution < 1.29 is 14.4 Å². The molecule has 7 rings (SSSR count). The molecule has 0 radical (unpaired) electrons. The molecule has 5 aromatic rings. The molecular weight excluding hydrogens is 801 g/mol. The minimum atomic E-state index is -0.281. The van der Waals surface area contributed by atoms with Crippen molar-refractivity contribution in [3.05, 3.63) is 81.9 Å². The van der Waals surface area contributed by atoms with Crippen molar-refractivity contribution >= 4 is 69.1 Å². The van der Waals surface area contributed by atoms with Gasteiger partial charge in [0, 0.05) is 89.4 Å². The molecule has 5 heterocycles. The highest BCUT2D eigenvalue weighted by Crippen LogP contribution is 2.32. The van der Waals surface area contributed by atoms with E-state index in [1.54, 1.807) is 35.9 Å². The Kier molecular flexibility index (Phi) is 14.4. The van der Waals surface area contributed by atoms with E-state index in [0.29, 0.717) is 65.2 Å². The largest absolute Gasteiger partial charge is 0.388 e. The third-order valence-electron chi connectivity index (χ3n) is 11.7. The lowest BCUT2D eigenvalue weighted by Gasteiger charge is -2.35. The lowest BCUT2D eigenvalue weighted by atomic mass is 10.0. The Labute approximate surface area is 367 Å². The van der Waals surface area contributed by atoms with Gasteiger partial charge in [-0.1, -0.05) is 12.8 Å². The van der Waals surface area contributed by atoms with E-state index in [0.717, 1.165) is 88.2 Å². The molecule has 0 bridgehead atoms. The zero-order valence-corrected chi connectivity index (χ0v) is 36.8. The van der Waals surface area contributed by atoms with Gasteiger partial charge in [0.2, 0.25) is 11.9 Å². The Morgan fingerprint density at radius 1 is 0.873 bits per heavy atom. The Morgan fingerprint density at radius 3 is 2.32 bits per heavy atom. The minimum Gasteiger partial charge on any atom is -0.388 e. The van der Waals surface area contributed by atoms with Gasteiger partial charge in [-0.3, -0.25) is 28.6 Å². The number of carbonyl (C=O) groups is 3. The zero-order valence-electron chi connectivity index (χ0n) is 36.8. The highest BCUT2D eigenvalue weighted by Gasteiger charge is 2.26. The van der Waals surface area contributed by atoms with Gasteiger partial charge < -0.3 is 36.4 Å². The maximum atomic E-state index is 13.6. The van der Waals surface area contributed by atoms with Crippen molar-refractivity contribution in [1.82, 2.24) is 39.9 Å². The molecule has 0 unspecified atom stereocenters. The molecule has 332 valence electrons. The number of benzene rings is 1. The average Bonchev–Trinajstić information content (AvgIpc) is 3.81. The summed E-state index contributed by atoms with van der Waals surface area (Å²) in [4.78, 5) is 72.2. The first-order valence-corrected chi connectivity index (χ1v) is 21.8. The maximum Gasteiger partial charge on any atom is 0.263 e. The maximum absolute atomic E-state index is 13.6. The molecule has 0 spiro atoms. The summed E-state index contributed by atoms with van der Waals surface area (Å²) in [6.07, 6.45) is 9.95. The van der Waals surface area contributed by atoms with E-state index in [1.807, 2.05) is 56.5 Å². The fourth-order valence-corrected chi connectivity index (χ4v) is 8.23. The normalized spacial score (nSPS) is 14.4. The molecule has 2 aliphatic rings. The molecule has 1 saturated heterocycles. The van der Waals surface area contributed by atoms with E-state index in [2.05, 4.69) is 56.5 Å². The van der Waals surface area contributed by atoms with Crippen LogP contribution in [-0.4, -0.2) is 119 Å². The molecule has 1 aliphatic carbocycles. The van der Waals surface area contributed by atoms with Crippen LogP contribution in [0.5, 0.6) is 0 Å². The number of nitrogens with one attached hydrogen (secondary N) is 5. The Hall–Kier alpha value is -6.69. The number of amides is 2. The summed E-state index contributed by atoms with van der Waals surface area (Å²) >= 11 is 0. The minimum absolute atomic E-state index is 0.00124. The number of nitrogens with zero attached hydrogens (tertiary/aromatic N) is 9. The molecule has 18 heteroatoms. The average molecular weight is 859 g/mol. The Bertz CT molecular complexity index is 2460. The molecule has 0 atom stereocenters. The van der Waals surface area contributed by atoms with Crippen molar-refractivity contribution in [3.8, 4) is 0 Å². The van der Waals surface area contributed by atoms with Crippen LogP contribution in [0.1, 0.15) is 84.2 Å². The van der Waals surface area contributed by atoms with Crippen LogP contribution in [0, 0.1) is 6.92 Å². The monoisotopic (exact) mass is 858 g/mol. The number of anilines is 7. The number of fused-ring (bicyclic) bond motifs is 1. The van der Waals surface area contributed by atoms with E-state index in [4.69, 9.17) is 4.98 Å². The molecule has 63 heavy (non-hydrogen) atoms. The molecule has 1 saturated carbocycles. The van der Waals surface area contributed by atoms with Gasteiger partial charge in [0.1, 0.15) is 11.5 Å². The first kappa shape index (κ1) is 44.4. The SMILES string of the molecule is CNc1ccc(C(=O)Nc2ccc(N(C)C)nn2)c(NCCCCCNC(=O)CN2CCN(c3ccc(Nc4ncc5c(C)c(C(C)=O)c(=O)n(C6CCCC6)c5n4)nc3)CC2)c1. The highest BCUT2D eigenvalue weighted by atomic mass is 16.2. The highest BCUT2D eigenvalue weighted by molar-refractivity contribution is 6.08. The third kappa shape index (κ3) is 10.9. The number of aromatic nitrogens is 6. The van der Waals surface area contributed by atoms with E-state index in [1.165, 1.54) is 6.92 Å². The molecule has 2 amide bonds. The summed E-state index contributed by atoms with van der Waals surface area (Å²) in [5, 5.41) is 24.6. The molecular formula is C45H58N14O4. The standard InChI is InChI=1S/C45H58N14O4/c1-29-35-27-50-45(53-42(35)59(32-11-7-8-12-32)44(63)41(29)30(2)60)52-37-16-14-33(26-49-37)58-23-21-57(22-24-58)28-40(61)48-20-10-6-9-19-47-36-25-31(46-3)13-15-34(36)43(62)51-38-17-18-39(55-54-38)56(4)5/h13-18,25-27,32,46-47H,6-12,19-24,28H2,1-5H3,(H,48,61)(H,51,54,62)(H,49,50,52,53). The number of hydrogen-bond donors (Lipinski definition) is 5. The van der Waals surface area contributed by atoms with E-state index < -0.39 is 0 Å². The summed E-state index contributed by atoms with van der Waals surface area (Å²) in [6.45, 7) is 7.88. The summed E-state index contributed by atoms with van der Waals surface area (Å²) in [7, 11) is 5.59. The predicted octanol–water partition coefficient (Wildman–Crippen LogP) is 5.23. The number of hydrogen-bond acceptors (Lipinski definition) is 15. The number of carbonyl (C=O) groups excluding carboxylic acids is 3. The number of Topliss-reactive ketones (excluding diaryl/α,β-unsaturated/α-hetero) is 1. The lowest BCUT2D eigenvalue weighted by Crippen LogP contribution is -2.49. The van der Waals surface area contributed by atoms with E-state index >= 15 is 0 Å². The second-order valence-electron chi connectivity index (χ2n) is 16.4. The summed E-state index contributed by atoms with van der Waals surface area (Å²) in [5.74, 6) is 1.47. The van der Waals surface area contributed by atoms with Gasteiger partial charge in [-0.05, 0) is 94.0 Å². The molecule has 2 fully saturated rings. The number of aryl methyl sites for hydroxylation is 1. The first-order valence-electron chi connectivity index (χ1n) is 21.8. The third-order valence-corrected chi connectivity index (χ3v) is 11.7. The van der Waals surface area contributed by atoms with Gasteiger partial charge in [-0.25, -0.2) is 9.97 Å². The van der Waals surface area contributed by atoms with Crippen LogP contribution >= 0.6 is 0 Å². The zero-order chi connectivity index (χ0) is 44.5. The first-order chi connectivity index (χ1) is 30.5. The fourth-order valence-electron chi connectivity index (χ4n) is 8.23. The van der Waals surface area contributed by atoms with Crippen LogP contribution in [0.25, 0.3) is 11.0 Å². The topological polar surface area (TPSA) is 208 Å². The summed E-state index contributed by atoms with van der Waals surface area (Å²) < 4.78 is 1.71.